The van der Waals surface area contributed by atoms with Gasteiger partial charge in [-0.05, 0) is 31.2 Å². The van der Waals surface area contributed by atoms with Gasteiger partial charge in [0, 0.05) is 10.8 Å². The molecule has 3 rings (SSSR count). The van der Waals surface area contributed by atoms with Crippen LogP contribution in [0.3, 0.4) is 0 Å². The number of hydrogen-bond donors (Lipinski definition) is 1. The predicted octanol–water partition coefficient (Wildman–Crippen LogP) is 3.00. The molecule has 7 heteroatoms. The molecule has 1 aliphatic rings. The maximum absolute atomic E-state index is 12.0. The van der Waals surface area contributed by atoms with Gasteiger partial charge >= 0.3 is 0 Å². The van der Waals surface area contributed by atoms with Gasteiger partial charge in [0.05, 0.1) is 18.0 Å². The fourth-order valence-electron chi connectivity index (χ4n) is 2.11. The molecule has 2 aromatic rings. The second-order valence-electron chi connectivity index (χ2n) is 5.38. The Morgan fingerprint density at radius 1 is 1.52 bits per heavy atom. The van der Waals surface area contributed by atoms with Crippen molar-refractivity contribution in [2.45, 2.75) is 37.3 Å². The lowest BCUT2D eigenvalue weighted by atomic mass is 10.2. The van der Waals surface area contributed by atoms with E-state index in [0.717, 1.165) is 23.5 Å². The molecule has 0 bridgehead atoms. The molecule has 0 aliphatic heterocycles. The van der Waals surface area contributed by atoms with Gasteiger partial charge < -0.3 is 5.32 Å². The van der Waals surface area contributed by atoms with E-state index in [0.29, 0.717) is 28.7 Å². The van der Waals surface area contributed by atoms with Crippen LogP contribution >= 0.6 is 23.1 Å². The Bertz CT molecular complexity index is 748. The number of carbonyl (C=O) groups is 1. The summed E-state index contributed by atoms with van der Waals surface area (Å²) in [6.07, 6.45) is 2.22. The highest BCUT2D eigenvalue weighted by molar-refractivity contribution is 8.00. The number of nitrogens with one attached hydrogen (secondary N) is 1. The molecule has 0 atom stereocenters. The number of nitriles is 1. The van der Waals surface area contributed by atoms with Crippen molar-refractivity contribution in [3.05, 3.63) is 39.5 Å². The zero-order valence-electron chi connectivity index (χ0n) is 12.7. The number of nitrogens with zero attached hydrogens (tertiary/aromatic N) is 3. The highest BCUT2D eigenvalue weighted by Crippen LogP contribution is 2.39. The van der Waals surface area contributed by atoms with Crippen LogP contribution in [-0.2, 0) is 11.3 Å². The lowest BCUT2D eigenvalue weighted by Gasteiger charge is -2.08. The second-order valence-corrected chi connectivity index (χ2v) is 7.37. The molecule has 2 heterocycles. The number of thiophene rings is 1. The summed E-state index contributed by atoms with van der Waals surface area (Å²) in [6, 6.07) is 6.10. The van der Waals surface area contributed by atoms with Crippen LogP contribution < -0.4 is 5.32 Å². The number of aryl methyl sites for hydroxylation is 1. The van der Waals surface area contributed by atoms with Crippen molar-refractivity contribution in [3.63, 3.8) is 0 Å². The molecular formula is C16H16N4OS2. The third kappa shape index (κ3) is 4.09. The molecule has 0 unspecified atom stereocenters. The van der Waals surface area contributed by atoms with Gasteiger partial charge in [-0.3, -0.25) is 4.79 Å². The molecule has 2 aromatic heterocycles. The molecular weight excluding hydrogens is 328 g/mol. The number of amides is 1. The molecule has 1 fully saturated rings. The zero-order chi connectivity index (χ0) is 16.2. The minimum atomic E-state index is -0.0588. The Morgan fingerprint density at radius 2 is 2.35 bits per heavy atom. The van der Waals surface area contributed by atoms with Crippen LogP contribution in [0.25, 0.3) is 0 Å². The summed E-state index contributed by atoms with van der Waals surface area (Å²) >= 11 is 2.92. The molecule has 0 spiro atoms. The lowest BCUT2D eigenvalue weighted by molar-refractivity contribution is -0.118. The average Bonchev–Trinajstić information content (AvgIpc) is 3.27. The first-order valence-corrected chi connectivity index (χ1v) is 9.24. The first-order chi connectivity index (χ1) is 11.2. The van der Waals surface area contributed by atoms with Crippen molar-refractivity contribution >= 4 is 29.0 Å². The van der Waals surface area contributed by atoms with Crippen LogP contribution in [0.15, 0.2) is 22.5 Å². The van der Waals surface area contributed by atoms with Crippen LogP contribution in [0.2, 0.25) is 0 Å². The Balaban J connectivity index is 1.62. The Hall–Kier alpha value is -1.91. The molecule has 0 aromatic carbocycles. The molecule has 0 radical (unpaired) electrons. The minimum absolute atomic E-state index is 0.0588. The highest BCUT2D eigenvalue weighted by Gasteiger charge is 2.28. The van der Waals surface area contributed by atoms with Crippen molar-refractivity contribution < 1.29 is 4.79 Å². The summed E-state index contributed by atoms with van der Waals surface area (Å²) < 4.78 is 0. The van der Waals surface area contributed by atoms with Crippen LogP contribution in [0.1, 0.15) is 40.7 Å². The van der Waals surface area contributed by atoms with Gasteiger partial charge in [-0.2, -0.15) is 5.26 Å². The monoisotopic (exact) mass is 344 g/mol. The summed E-state index contributed by atoms with van der Waals surface area (Å²) in [4.78, 5) is 22.0. The summed E-state index contributed by atoms with van der Waals surface area (Å²) in [6.45, 7) is 2.37. The Morgan fingerprint density at radius 3 is 3.00 bits per heavy atom. The van der Waals surface area contributed by atoms with E-state index >= 15 is 0 Å². The maximum Gasteiger partial charge on any atom is 0.230 e. The van der Waals surface area contributed by atoms with Gasteiger partial charge in [0.15, 0.2) is 0 Å². The van der Waals surface area contributed by atoms with Crippen molar-refractivity contribution in [1.82, 2.24) is 15.3 Å². The Kier molecular flexibility index (Phi) is 4.94. The summed E-state index contributed by atoms with van der Waals surface area (Å²) in [5.74, 6) is 1.42. The third-order valence-electron chi connectivity index (χ3n) is 3.51. The maximum atomic E-state index is 12.0. The molecule has 1 amide bonds. The number of hydrogen-bond acceptors (Lipinski definition) is 6. The number of carbonyl (C=O) groups excluding carboxylic acids is 1. The summed E-state index contributed by atoms with van der Waals surface area (Å²) in [5, 5.41) is 14.8. The van der Waals surface area contributed by atoms with E-state index in [4.69, 9.17) is 0 Å². The normalized spacial score (nSPS) is 13.6. The van der Waals surface area contributed by atoms with Crippen LogP contribution in [0.4, 0.5) is 0 Å². The first-order valence-electron chi connectivity index (χ1n) is 7.38. The summed E-state index contributed by atoms with van der Waals surface area (Å²) in [7, 11) is 0. The van der Waals surface area contributed by atoms with Crippen molar-refractivity contribution in [2.24, 2.45) is 0 Å². The number of rotatable bonds is 6. The lowest BCUT2D eigenvalue weighted by Crippen LogP contribution is -2.24. The van der Waals surface area contributed by atoms with E-state index in [-0.39, 0.29) is 11.7 Å². The first kappa shape index (κ1) is 16.0. The SMILES string of the molecule is Cc1nc(C2CC2)nc(SCC(=O)NCc2cccs2)c1C#N. The Labute approximate surface area is 143 Å². The average molecular weight is 344 g/mol. The zero-order valence-corrected chi connectivity index (χ0v) is 14.3. The molecule has 1 aliphatic carbocycles. The van der Waals surface area contributed by atoms with Gasteiger partial charge in [-0.1, -0.05) is 17.8 Å². The third-order valence-corrected chi connectivity index (χ3v) is 5.36. The fourth-order valence-corrected chi connectivity index (χ4v) is 3.62. The van der Waals surface area contributed by atoms with E-state index in [9.17, 15) is 10.1 Å². The van der Waals surface area contributed by atoms with Crippen molar-refractivity contribution in [1.29, 1.82) is 5.26 Å². The molecule has 5 nitrogen and oxygen atoms in total. The van der Waals surface area contributed by atoms with E-state index < -0.39 is 0 Å². The van der Waals surface area contributed by atoms with Gasteiger partial charge in [0.2, 0.25) is 5.91 Å². The van der Waals surface area contributed by atoms with E-state index in [2.05, 4.69) is 21.4 Å². The standard InChI is InChI=1S/C16H16N4OS2/c1-10-13(7-17)16(20-15(19-10)11-4-5-11)23-9-14(21)18-8-12-3-2-6-22-12/h2-3,6,11H,4-5,8-9H2,1H3,(H,18,21). The molecule has 1 N–H and O–H groups in total. The smallest absolute Gasteiger partial charge is 0.230 e. The number of thioether (sulfide) groups is 1. The quantitative estimate of drug-likeness (QED) is 0.644. The van der Waals surface area contributed by atoms with Crippen LogP contribution in [0, 0.1) is 18.3 Å². The molecule has 0 saturated heterocycles. The van der Waals surface area contributed by atoms with Crippen molar-refractivity contribution in [2.75, 3.05) is 5.75 Å². The molecule has 118 valence electrons. The van der Waals surface area contributed by atoms with Gasteiger partial charge in [-0.25, -0.2) is 9.97 Å². The topological polar surface area (TPSA) is 78.7 Å². The van der Waals surface area contributed by atoms with Gasteiger partial charge in [-0.15, -0.1) is 11.3 Å². The van der Waals surface area contributed by atoms with E-state index in [1.54, 1.807) is 11.3 Å². The van der Waals surface area contributed by atoms with Crippen LogP contribution in [-0.4, -0.2) is 21.6 Å². The van der Waals surface area contributed by atoms with Crippen molar-refractivity contribution in [3.8, 4) is 6.07 Å². The second kappa shape index (κ2) is 7.11. The predicted molar refractivity (Wildman–Crippen MR) is 90.3 cm³/mol. The molecule has 1 saturated carbocycles. The summed E-state index contributed by atoms with van der Waals surface area (Å²) in [5.41, 5.74) is 1.18. The minimum Gasteiger partial charge on any atom is -0.350 e. The fraction of sp³-hybridized carbons (Fsp3) is 0.375. The molecule has 23 heavy (non-hydrogen) atoms. The van der Waals surface area contributed by atoms with Gasteiger partial charge in [0.1, 0.15) is 22.5 Å². The van der Waals surface area contributed by atoms with Crippen LogP contribution in [0.5, 0.6) is 0 Å². The number of aromatic nitrogens is 2. The highest BCUT2D eigenvalue weighted by atomic mass is 32.2. The van der Waals surface area contributed by atoms with E-state index in [1.165, 1.54) is 11.8 Å². The van der Waals surface area contributed by atoms with Gasteiger partial charge in [0.25, 0.3) is 0 Å². The largest absolute Gasteiger partial charge is 0.350 e. The van der Waals surface area contributed by atoms with E-state index in [1.807, 2.05) is 24.4 Å².